The van der Waals surface area contributed by atoms with E-state index in [1.54, 1.807) is 0 Å². The van der Waals surface area contributed by atoms with Gasteiger partial charge in [-0.05, 0) is 18.2 Å². The lowest BCUT2D eigenvalue weighted by atomic mass is 10.1. The average Bonchev–Trinajstić information content (AvgIpc) is 2.20. The normalized spacial score (nSPS) is 10.3. The van der Waals surface area contributed by atoms with E-state index in [1.807, 2.05) is 0 Å². The number of hydrogen-bond acceptors (Lipinski definition) is 2. The zero-order valence-electron chi connectivity index (χ0n) is 7.50. The molecule has 0 spiro atoms. The van der Waals surface area contributed by atoms with Crippen LogP contribution >= 0.6 is 11.6 Å². The van der Waals surface area contributed by atoms with Crippen molar-refractivity contribution in [3.8, 4) is 11.3 Å². The van der Waals surface area contributed by atoms with E-state index in [4.69, 9.17) is 11.6 Å². The Balaban J connectivity index is 2.65. The van der Waals surface area contributed by atoms with Crippen LogP contribution in [-0.4, -0.2) is 9.97 Å². The Labute approximate surface area is 89.6 Å². The third-order valence-corrected chi connectivity index (χ3v) is 2.21. The van der Waals surface area contributed by atoms with Crippen LogP contribution in [-0.2, 0) is 0 Å². The molecule has 1 aromatic carbocycles. The monoisotopic (exact) mass is 224 g/mol. The molecule has 0 atom stereocenters. The minimum absolute atomic E-state index is 0.166. The molecule has 0 unspecified atom stereocenters. The topological polar surface area (TPSA) is 45.8 Å². The van der Waals surface area contributed by atoms with Crippen molar-refractivity contribution in [2.24, 2.45) is 0 Å². The molecule has 76 valence electrons. The third-order valence-electron chi connectivity index (χ3n) is 1.89. The fourth-order valence-electron chi connectivity index (χ4n) is 1.23. The van der Waals surface area contributed by atoms with Crippen molar-refractivity contribution >= 4 is 11.6 Å². The van der Waals surface area contributed by atoms with Crippen molar-refractivity contribution in [3.63, 3.8) is 0 Å². The van der Waals surface area contributed by atoms with Crippen LogP contribution in [0, 0.1) is 5.82 Å². The van der Waals surface area contributed by atoms with Gasteiger partial charge in [0.25, 0.3) is 5.56 Å². The van der Waals surface area contributed by atoms with Crippen LogP contribution in [0.4, 0.5) is 4.39 Å². The van der Waals surface area contributed by atoms with E-state index in [9.17, 15) is 9.18 Å². The Hall–Kier alpha value is -1.68. The van der Waals surface area contributed by atoms with Crippen molar-refractivity contribution in [2.75, 3.05) is 0 Å². The van der Waals surface area contributed by atoms with E-state index in [1.165, 1.54) is 24.5 Å². The Morgan fingerprint density at radius 1 is 1.40 bits per heavy atom. The van der Waals surface area contributed by atoms with Gasteiger partial charge in [0, 0.05) is 18.0 Å². The first-order valence-electron chi connectivity index (χ1n) is 4.17. The highest BCUT2D eigenvalue weighted by atomic mass is 35.5. The van der Waals surface area contributed by atoms with Crippen molar-refractivity contribution < 1.29 is 4.39 Å². The fraction of sp³-hybridized carbons (Fsp3) is 0. The first-order valence-corrected chi connectivity index (χ1v) is 4.55. The number of halogens is 2. The number of aromatic amines is 1. The molecule has 15 heavy (non-hydrogen) atoms. The molecule has 0 saturated heterocycles. The lowest BCUT2D eigenvalue weighted by Crippen LogP contribution is -2.09. The highest BCUT2D eigenvalue weighted by Gasteiger charge is 2.08. The van der Waals surface area contributed by atoms with Gasteiger partial charge in [0.15, 0.2) is 0 Å². The van der Waals surface area contributed by atoms with Crippen LogP contribution in [0.5, 0.6) is 0 Å². The molecule has 0 aliphatic heterocycles. The predicted octanol–water partition coefficient (Wildman–Crippen LogP) is 2.23. The van der Waals surface area contributed by atoms with E-state index < -0.39 is 5.82 Å². The summed E-state index contributed by atoms with van der Waals surface area (Å²) in [5.41, 5.74) is 0.244. The molecule has 0 aliphatic carbocycles. The molecular weight excluding hydrogens is 219 g/mol. The summed E-state index contributed by atoms with van der Waals surface area (Å²) in [6.07, 6.45) is 2.86. The SMILES string of the molecule is O=c1[nH]ccnc1-c1ccc(F)cc1Cl. The summed E-state index contributed by atoms with van der Waals surface area (Å²) < 4.78 is 12.8. The third kappa shape index (κ3) is 1.89. The second kappa shape index (κ2) is 3.82. The van der Waals surface area contributed by atoms with Crippen LogP contribution in [0.25, 0.3) is 11.3 Å². The molecule has 0 amide bonds. The number of rotatable bonds is 1. The minimum Gasteiger partial charge on any atom is -0.326 e. The molecular formula is C10H6ClFN2O. The lowest BCUT2D eigenvalue weighted by Gasteiger charge is -2.01. The van der Waals surface area contributed by atoms with E-state index in [0.717, 1.165) is 6.07 Å². The Morgan fingerprint density at radius 3 is 2.87 bits per heavy atom. The Kier molecular flexibility index (Phi) is 2.51. The summed E-state index contributed by atoms with van der Waals surface area (Å²) in [6.45, 7) is 0. The van der Waals surface area contributed by atoms with Crippen LogP contribution < -0.4 is 5.56 Å². The second-order valence-corrected chi connectivity index (χ2v) is 3.30. The molecule has 2 aromatic rings. The van der Waals surface area contributed by atoms with E-state index in [2.05, 4.69) is 9.97 Å². The summed E-state index contributed by atoms with van der Waals surface area (Å²) in [4.78, 5) is 17.7. The van der Waals surface area contributed by atoms with Gasteiger partial charge >= 0.3 is 0 Å². The molecule has 0 radical (unpaired) electrons. The largest absolute Gasteiger partial charge is 0.326 e. The van der Waals surface area contributed by atoms with Gasteiger partial charge in [0.1, 0.15) is 11.5 Å². The van der Waals surface area contributed by atoms with Crippen molar-refractivity contribution in [1.82, 2.24) is 9.97 Å². The molecule has 1 N–H and O–H groups in total. The predicted molar refractivity (Wildman–Crippen MR) is 55.3 cm³/mol. The standard InChI is InChI=1S/C10H6ClFN2O/c11-8-5-6(12)1-2-7(8)9-10(15)14-4-3-13-9/h1-5H,(H,14,15). The zero-order valence-corrected chi connectivity index (χ0v) is 8.25. The smallest absolute Gasteiger partial charge is 0.274 e. The number of benzene rings is 1. The number of nitrogens with one attached hydrogen (secondary N) is 1. The van der Waals surface area contributed by atoms with E-state index in [0.29, 0.717) is 5.56 Å². The second-order valence-electron chi connectivity index (χ2n) is 2.89. The maximum Gasteiger partial charge on any atom is 0.274 e. The van der Waals surface area contributed by atoms with E-state index >= 15 is 0 Å². The molecule has 0 fully saturated rings. The highest BCUT2D eigenvalue weighted by molar-refractivity contribution is 6.33. The molecule has 0 bridgehead atoms. The van der Waals surface area contributed by atoms with Crippen LogP contribution in [0.2, 0.25) is 5.02 Å². The van der Waals surface area contributed by atoms with Crippen LogP contribution in [0.1, 0.15) is 0 Å². The van der Waals surface area contributed by atoms with Gasteiger partial charge in [-0.25, -0.2) is 9.37 Å². The molecule has 0 aliphatic rings. The molecule has 5 heteroatoms. The van der Waals surface area contributed by atoms with Crippen molar-refractivity contribution in [3.05, 3.63) is 51.8 Å². The van der Waals surface area contributed by atoms with Gasteiger partial charge in [0.2, 0.25) is 0 Å². The number of nitrogens with zero attached hydrogens (tertiary/aromatic N) is 1. The maximum atomic E-state index is 12.8. The molecule has 0 saturated carbocycles. The lowest BCUT2D eigenvalue weighted by molar-refractivity contribution is 0.628. The molecule has 3 nitrogen and oxygen atoms in total. The van der Waals surface area contributed by atoms with Gasteiger partial charge in [-0.15, -0.1) is 0 Å². The Bertz CT molecular complexity index is 553. The quantitative estimate of drug-likeness (QED) is 0.808. The van der Waals surface area contributed by atoms with Crippen LogP contribution in [0.15, 0.2) is 35.4 Å². The summed E-state index contributed by atoms with van der Waals surface area (Å²) >= 11 is 5.80. The first kappa shape index (κ1) is 9.86. The van der Waals surface area contributed by atoms with Crippen molar-refractivity contribution in [1.29, 1.82) is 0 Å². The van der Waals surface area contributed by atoms with Gasteiger partial charge in [0.05, 0.1) is 5.02 Å². The van der Waals surface area contributed by atoms with Crippen LogP contribution in [0.3, 0.4) is 0 Å². The summed E-state index contributed by atoms with van der Waals surface area (Å²) in [6, 6.07) is 3.80. The summed E-state index contributed by atoms with van der Waals surface area (Å²) in [7, 11) is 0. The highest BCUT2D eigenvalue weighted by Crippen LogP contribution is 2.24. The summed E-state index contributed by atoms with van der Waals surface area (Å²) in [5.74, 6) is -0.448. The first-order chi connectivity index (χ1) is 7.18. The van der Waals surface area contributed by atoms with Gasteiger partial charge in [-0.3, -0.25) is 4.79 Å². The number of aromatic nitrogens is 2. The fourth-order valence-corrected chi connectivity index (χ4v) is 1.48. The number of H-pyrrole nitrogens is 1. The molecule has 2 rings (SSSR count). The summed E-state index contributed by atoms with van der Waals surface area (Å²) in [5, 5.41) is 0.166. The van der Waals surface area contributed by atoms with Gasteiger partial charge in [-0.2, -0.15) is 0 Å². The average molecular weight is 225 g/mol. The van der Waals surface area contributed by atoms with E-state index in [-0.39, 0.29) is 16.3 Å². The minimum atomic E-state index is -0.448. The molecule has 1 heterocycles. The van der Waals surface area contributed by atoms with Gasteiger partial charge in [-0.1, -0.05) is 11.6 Å². The maximum absolute atomic E-state index is 12.8. The number of hydrogen-bond donors (Lipinski definition) is 1. The molecule has 1 aromatic heterocycles. The zero-order chi connectivity index (χ0) is 10.8. The Morgan fingerprint density at radius 2 is 2.20 bits per heavy atom. The van der Waals surface area contributed by atoms with Crippen molar-refractivity contribution in [2.45, 2.75) is 0 Å². The van der Waals surface area contributed by atoms with Gasteiger partial charge < -0.3 is 4.98 Å².